The number of carbonyl (C=O) groups excluding carboxylic acids is 2. The summed E-state index contributed by atoms with van der Waals surface area (Å²) in [6.45, 7) is 4.64. The summed E-state index contributed by atoms with van der Waals surface area (Å²) >= 11 is 1.50. The van der Waals surface area contributed by atoms with Gasteiger partial charge in [-0.15, -0.1) is 11.8 Å². The minimum Gasteiger partial charge on any atom is -0.354 e. The largest absolute Gasteiger partial charge is 0.354 e. The number of nitrogens with one attached hydrogen (secondary N) is 1. The highest BCUT2D eigenvalue weighted by Gasteiger charge is 2.42. The maximum absolute atomic E-state index is 13.8. The molecule has 0 aromatic heterocycles. The molecule has 1 aliphatic heterocycles. The third-order valence-electron chi connectivity index (χ3n) is 5.02. The number of aryl methyl sites for hydroxylation is 1. The van der Waals surface area contributed by atoms with Gasteiger partial charge < -0.3 is 10.2 Å². The fraction of sp³-hybridized carbons (Fsp3) is 0.391. The molecule has 154 valence electrons. The van der Waals surface area contributed by atoms with Crippen LogP contribution in [-0.2, 0) is 4.79 Å². The zero-order valence-corrected chi connectivity index (χ0v) is 17.7. The summed E-state index contributed by atoms with van der Waals surface area (Å²) in [6, 6.07) is 13.0. The zero-order valence-electron chi connectivity index (χ0n) is 16.9. The predicted molar refractivity (Wildman–Crippen MR) is 115 cm³/mol. The van der Waals surface area contributed by atoms with Gasteiger partial charge >= 0.3 is 0 Å². The van der Waals surface area contributed by atoms with Gasteiger partial charge in [0.1, 0.15) is 17.2 Å². The molecule has 0 bridgehead atoms. The fourth-order valence-corrected chi connectivity index (χ4v) is 4.92. The van der Waals surface area contributed by atoms with Crippen LogP contribution in [0.2, 0.25) is 0 Å². The number of hydrogen-bond donors (Lipinski definition) is 1. The van der Waals surface area contributed by atoms with E-state index in [0.717, 1.165) is 24.8 Å². The molecule has 2 aromatic rings. The van der Waals surface area contributed by atoms with Crippen LogP contribution in [0, 0.1) is 12.7 Å². The monoisotopic (exact) mass is 414 g/mol. The lowest BCUT2D eigenvalue weighted by atomic mass is 10.1. The summed E-state index contributed by atoms with van der Waals surface area (Å²) in [5.41, 5.74) is 2.21. The number of benzene rings is 2. The van der Waals surface area contributed by atoms with Crippen LogP contribution in [0.1, 0.15) is 53.0 Å². The number of carbonyl (C=O) groups is 2. The van der Waals surface area contributed by atoms with E-state index >= 15 is 0 Å². The average Bonchev–Trinajstić information content (AvgIpc) is 3.16. The molecule has 0 unspecified atom stereocenters. The molecular weight excluding hydrogens is 387 g/mol. The third kappa shape index (κ3) is 5.18. The molecule has 3 rings (SSSR count). The second-order valence-corrected chi connectivity index (χ2v) is 8.45. The molecule has 6 heteroatoms. The highest BCUT2D eigenvalue weighted by atomic mass is 32.2. The van der Waals surface area contributed by atoms with Crippen LogP contribution >= 0.6 is 11.8 Å². The minimum absolute atomic E-state index is 0.145. The Labute approximate surface area is 175 Å². The van der Waals surface area contributed by atoms with Crippen molar-refractivity contribution >= 4 is 23.6 Å². The van der Waals surface area contributed by atoms with Crippen molar-refractivity contribution in [2.24, 2.45) is 0 Å². The number of rotatable bonds is 7. The van der Waals surface area contributed by atoms with Crippen molar-refractivity contribution in [2.75, 3.05) is 12.3 Å². The van der Waals surface area contributed by atoms with E-state index < -0.39 is 11.4 Å². The van der Waals surface area contributed by atoms with Gasteiger partial charge in [0.05, 0.1) is 0 Å². The normalized spacial score (nSPS) is 18.7. The minimum atomic E-state index is -0.581. The van der Waals surface area contributed by atoms with Crippen LogP contribution in [0.25, 0.3) is 0 Å². The number of unbranched alkanes of at least 4 members (excludes halogenated alkanes) is 2. The van der Waals surface area contributed by atoms with Crippen LogP contribution in [0.3, 0.4) is 0 Å². The van der Waals surface area contributed by atoms with Crippen LogP contribution < -0.4 is 5.32 Å². The molecule has 4 nitrogen and oxygen atoms in total. The zero-order chi connectivity index (χ0) is 20.8. The SMILES string of the molecule is CCCCCNC(=O)[C@H]1CS[C@@H](c2cccc(F)c2)N1C(=O)c1cccc(C)c1. The first kappa shape index (κ1) is 21.4. The van der Waals surface area contributed by atoms with Gasteiger partial charge in [-0.1, -0.05) is 49.6 Å². The van der Waals surface area contributed by atoms with Gasteiger partial charge in [-0.05, 0) is 43.2 Å². The Kier molecular flexibility index (Phi) is 7.31. The molecule has 2 amide bonds. The average molecular weight is 415 g/mol. The Morgan fingerprint density at radius 1 is 1.17 bits per heavy atom. The Morgan fingerprint density at radius 3 is 2.69 bits per heavy atom. The van der Waals surface area contributed by atoms with E-state index in [1.165, 1.54) is 23.9 Å². The van der Waals surface area contributed by atoms with Crippen molar-refractivity contribution in [3.8, 4) is 0 Å². The Balaban J connectivity index is 1.87. The molecule has 1 aliphatic rings. The Morgan fingerprint density at radius 2 is 1.97 bits per heavy atom. The quantitative estimate of drug-likeness (QED) is 0.669. The molecule has 29 heavy (non-hydrogen) atoms. The molecule has 0 saturated carbocycles. The summed E-state index contributed by atoms with van der Waals surface area (Å²) in [4.78, 5) is 27.9. The van der Waals surface area contributed by atoms with Gasteiger partial charge in [-0.2, -0.15) is 0 Å². The van der Waals surface area contributed by atoms with E-state index in [0.29, 0.717) is 23.4 Å². The van der Waals surface area contributed by atoms with Gasteiger partial charge in [0.15, 0.2) is 0 Å². The van der Waals surface area contributed by atoms with Crippen molar-refractivity contribution in [3.63, 3.8) is 0 Å². The fourth-order valence-electron chi connectivity index (χ4n) is 3.50. The first-order valence-corrected chi connectivity index (χ1v) is 11.1. The second kappa shape index (κ2) is 9.92. The highest BCUT2D eigenvalue weighted by molar-refractivity contribution is 7.99. The van der Waals surface area contributed by atoms with E-state index in [2.05, 4.69) is 12.2 Å². The van der Waals surface area contributed by atoms with Crippen LogP contribution in [-0.4, -0.2) is 35.1 Å². The molecule has 2 atom stereocenters. The van der Waals surface area contributed by atoms with Crippen molar-refractivity contribution in [3.05, 3.63) is 71.0 Å². The van der Waals surface area contributed by atoms with Gasteiger partial charge in [0.2, 0.25) is 5.91 Å². The highest BCUT2D eigenvalue weighted by Crippen LogP contribution is 2.42. The standard InChI is InChI=1S/C23H27FN2O2S/c1-3-4-5-12-25-21(27)20-15-29-23(18-10-7-11-19(24)14-18)26(20)22(28)17-9-6-8-16(2)13-17/h6-11,13-14,20,23H,3-5,12,15H2,1-2H3,(H,25,27)/t20-,23+/m1/s1. The lowest BCUT2D eigenvalue weighted by molar-refractivity contribution is -0.124. The van der Waals surface area contributed by atoms with E-state index in [1.54, 1.807) is 23.1 Å². The molecule has 1 N–H and O–H groups in total. The molecular formula is C23H27FN2O2S. The maximum Gasteiger partial charge on any atom is 0.255 e. The molecule has 2 aromatic carbocycles. The molecule has 0 spiro atoms. The summed E-state index contributed by atoms with van der Waals surface area (Å²) < 4.78 is 13.8. The van der Waals surface area contributed by atoms with E-state index in [-0.39, 0.29) is 17.6 Å². The number of hydrogen-bond acceptors (Lipinski definition) is 3. The van der Waals surface area contributed by atoms with E-state index in [4.69, 9.17) is 0 Å². The first-order chi connectivity index (χ1) is 14.0. The lowest BCUT2D eigenvalue weighted by Gasteiger charge is -2.29. The molecule has 1 heterocycles. The van der Waals surface area contributed by atoms with Gasteiger partial charge in [-0.25, -0.2) is 4.39 Å². The molecule has 1 saturated heterocycles. The smallest absolute Gasteiger partial charge is 0.255 e. The summed E-state index contributed by atoms with van der Waals surface area (Å²) in [6.07, 6.45) is 3.05. The third-order valence-corrected chi connectivity index (χ3v) is 6.34. The van der Waals surface area contributed by atoms with Gasteiger partial charge in [0, 0.05) is 17.9 Å². The molecule has 0 radical (unpaired) electrons. The van der Waals surface area contributed by atoms with E-state index in [1.807, 2.05) is 25.1 Å². The topological polar surface area (TPSA) is 49.4 Å². The van der Waals surface area contributed by atoms with Crippen molar-refractivity contribution < 1.29 is 14.0 Å². The molecule has 0 aliphatic carbocycles. The van der Waals surface area contributed by atoms with Crippen molar-refractivity contribution in [1.29, 1.82) is 0 Å². The van der Waals surface area contributed by atoms with Crippen LogP contribution in [0.15, 0.2) is 48.5 Å². The van der Waals surface area contributed by atoms with Crippen LogP contribution in [0.4, 0.5) is 4.39 Å². The van der Waals surface area contributed by atoms with Gasteiger partial charge in [0.25, 0.3) is 5.91 Å². The van der Waals surface area contributed by atoms with Gasteiger partial charge in [-0.3, -0.25) is 9.59 Å². The summed E-state index contributed by atoms with van der Waals surface area (Å²) in [5, 5.41) is 2.57. The summed E-state index contributed by atoms with van der Waals surface area (Å²) in [7, 11) is 0. The summed E-state index contributed by atoms with van der Waals surface area (Å²) in [5.74, 6) is -0.216. The maximum atomic E-state index is 13.8. The first-order valence-electron chi connectivity index (χ1n) is 10.1. The van der Waals surface area contributed by atoms with Crippen molar-refractivity contribution in [1.82, 2.24) is 10.2 Å². The number of thioether (sulfide) groups is 1. The number of amides is 2. The van der Waals surface area contributed by atoms with E-state index in [9.17, 15) is 14.0 Å². The molecule has 1 fully saturated rings. The Hall–Kier alpha value is -2.34. The second-order valence-electron chi connectivity index (χ2n) is 7.34. The van der Waals surface area contributed by atoms with Crippen molar-refractivity contribution in [2.45, 2.75) is 44.5 Å². The Bertz CT molecular complexity index is 873. The van der Waals surface area contributed by atoms with Crippen LogP contribution in [0.5, 0.6) is 0 Å². The predicted octanol–water partition coefficient (Wildman–Crippen LogP) is 4.70. The number of nitrogens with zero attached hydrogens (tertiary/aromatic N) is 1. The number of halogens is 1. The lowest BCUT2D eigenvalue weighted by Crippen LogP contribution is -2.48.